The second-order valence-electron chi connectivity index (χ2n) is 5.69. The standard InChI is InChI=1S/C16H15F3N6OS2/c1-25-12(6-9-7-27-14(20)21-9)23-24-15(25)28-8-13(26)22-11-5-3-2-4-10(11)16(17,18)19/h2-5,7H,6,8H2,1H3,(H2,20,21)(H,22,26). The summed E-state index contributed by atoms with van der Waals surface area (Å²) in [6.07, 6.45) is -4.11. The third-order valence-corrected chi connectivity index (χ3v) is 5.42. The smallest absolute Gasteiger partial charge is 0.375 e. The van der Waals surface area contributed by atoms with E-state index in [0.717, 1.165) is 23.5 Å². The van der Waals surface area contributed by atoms with Crippen molar-refractivity contribution < 1.29 is 18.0 Å². The van der Waals surface area contributed by atoms with Crippen molar-refractivity contribution >= 4 is 39.8 Å². The lowest BCUT2D eigenvalue weighted by molar-refractivity contribution is -0.137. The Kier molecular flexibility index (Phi) is 5.89. The van der Waals surface area contributed by atoms with Crippen molar-refractivity contribution in [1.29, 1.82) is 0 Å². The molecule has 1 aromatic carbocycles. The molecule has 0 saturated carbocycles. The minimum absolute atomic E-state index is 0.109. The molecule has 7 nitrogen and oxygen atoms in total. The molecule has 0 spiro atoms. The fraction of sp³-hybridized carbons (Fsp3) is 0.250. The first kappa shape index (κ1) is 20.1. The lowest BCUT2D eigenvalue weighted by atomic mass is 10.1. The van der Waals surface area contributed by atoms with Gasteiger partial charge in [-0.1, -0.05) is 23.9 Å². The fourth-order valence-electron chi connectivity index (χ4n) is 2.35. The van der Waals surface area contributed by atoms with Crippen LogP contribution in [0.25, 0.3) is 0 Å². The van der Waals surface area contributed by atoms with Crippen LogP contribution in [0.5, 0.6) is 0 Å². The second-order valence-corrected chi connectivity index (χ2v) is 7.52. The summed E-state index contributed by atoms with van der Waals surface area (Å²) in [5, 5.41) is 13.1. The molecule has 28 heavy (non-hydrogen) atoms. The van der Waals surface area contributed by atoms with Gasteiger partial charge in [-0.05, 0) is 12.1 Å². The normalized spacial score (nSPS) is 11.6. The van der Waals surface area contributed by atoms with Crippen molar-refractivity contribution in [2.45, 2.75) is 17.8 Å². The van der Waals surface area contributed by atoms with Crippen LogP contribution in [-0.2, 0) is 24.4 Å². The van der Waals surface area contributed by atoms with E-state index in [4.69, 9.17) is 5.73 Å². The van der Waals surface area contributed by atoms with Crippen molar-refractivity contribution in [2.24, 2.45) is 7.05 Å². The van der Waals surface area contributed by atoms with Crippen LogP contribution in [0.2, 0.25) is 0 Å². The Labute approximate surface area is 166 Å². The molecule has 0 radical (unpaired) electrons. The van der Waals surface area contributed by atoms with Crippen LogP contribution < -0.4 is 11.1 Å². The third-order valence-electron chi connectivity index (χ3n) is 3.67. The molecular weight excluding hydrogens is 413 g/mol. The first-order chi connectivity index (χ1) is 13.2. The van der Waals surface area contributed by atoms with Crippen molar-refractivity contribution in [3.63, 3.8) is 0 Å². The van der Waals surface area contributed by atoms with Crippen LogP contribution in [-0.4, -0.2) is 31.4 Å². The minimum Gasteiger partial charge on any atom is -0.375 e. The number of aromatic nitrogens is 4. The van der Waals surface area contributed by atoms with Crippen LogP contribution >= 0.6 is 23.1 Å². The average molecular weight is 428 g/mol. The Balaban J connectivity index is 1.61. The summed E-state index contributed by atoms with van der Waals surface area (Å²) in [4.78, 5) is 16.3. The average Bonchev–Trinajstić information content (AvgIpc) is 3.19. The number of thiazole rings is 1. The predicted octanol–water partition coefficient (Wildman–Crippen LogP) is 3.19. The van der Waals surface area contributed by atoms with Crippen LogP contribution in [0, 0.1) is 0 Å². The van der Waals surface area contributed by atoms with Crippen LogP contribution in [0.15, 0.2) is 34.8 Å². The summed E-state index contributed by atoms with van der Waals surface area (Å²) in [5.41, 5.74) is 5.19. The van der Waals surface area contributed by atoms with E-state index in [1.807, 2.05) is 5.38 Å². The monoisotopic (exact) mass is 428 g/mol. The largest absolute Gasteiger partial charge is 0.418 e. The topological polar surface area (TPSA) is 98.7 Å². The highest BCUT2D eigenvalue weighted by Gasteiger charge is 2.33. The molecule has 0 aliphatic rings. The van der Waals surface area contributed by atoms with E-state index in [1.54, 1.807) is 11.6 Å². The van der Waals surface area contributed by atoms with E-state index >= 15 is 0 Å². The summed E-state index contributed by atoms with van der Waals surface area (Å²) in [6.45, 7) is 0. The Morgan fingerprint density at radius 1 is 1.32 bits per heavy atom. The van der Waals surface area contributed by atoms with Crippen molar-refractivity contribution in [1.82, 2.24) is 19.7 Å². The number of nitrogens with one attached hydrogen (secondary N) is 1. The molecular formula is C16H15F3N6OS2. The van der Waals surface area contributed by atoms with Gasteiger partial charge in [0.25, 0.3) is 0 Å². The maximum Gasteiger partial charge on any atom is 0.418 e. The minimum atomic E-state index is -4.55. The van der Waals surface area contributed by atoms with Crippen LogP contribution in [0.3, 0.4) is 0 Å². The Hall–Kier alpha value is -2.60. The number of amides is 1. The van der Waals surface area contributed by atoms with Gasteiger partial charge >= 0.3 is 6.18 Å². The molecule has 0 atom stereocenters. The molecule has 3 N–H and O–H groups in total. The van der Waals surface area contributed by atoms with Gasteiger partial charge in [0, 0.05) is 12.4 Å². The number of anilines is 2. The van der Waals surface area contributed by atoms with Gasteiger partial charge in [-0.25, -0.2) is 4.98 Å². The molecule has 3 aromatic rings. The molecule has 1 amide bonds. The van der Waals surface area contributed by atoms with Gasteiger partial charge in [-0.15, -0.1) is 21.5 Å². The van der Waals surface area contributed by atoms with Gasteiger partial charge in [0.15, 0.2) is 10.3 Å². The quantitative estimate of drug-likeness (QED) is 0.585. The number of nitrogens with zero attached hydrogens (tertiary/aromatic N) is 4. The number of nitrogens with two attached hydrogens (primary N) is 1. The number of carbonyl (C=O) groups excluding carboxylic acids is 1. The molecule has 12 heteroatoms. The molecule has 2 heterocycles. The summed E-state index contributed by atoms with van der Waals surface area (Å²) >= 11 is 2.40. The van der Waals surface area contributed by atoms with Crippen molar-refractivity contribution in [3.8, 4) is 0 Å². The van der Waals surface area contributed by atoms with E-state index in [9.17, 15) is 18.0 Å². The van der Waals surface area contributed by atoms with E-state index in [0.29, 0.717) is 22.5 Å². The van der Waals surface area contributed by atoms with Gasteiger partial charge in [0.2, 0.25) is 5.91 Å². The molecule has 2 aromatic heterocycles. The second kappa shape index (κ2) is 8.19. The Morgan fingerprint density at radius 2 is 2.07 bits per heavy atom. The first-order valence-electron chi connectivity index (χ1n) is 7.91. The lowest BCUT2D eigenvalue weighted by Gasteiger charge is -2.13. The summed E-state index contributed by atoms with van der Waals surface area (Å²) in [6, 6.07) is 4.83. The molecule has 0 fully saturated rings. The molecule has 0 aliphatic carbocycles. The number of halogens is 3. The number of hydrogen-bond acceptors (Lipinski definition) is 7. The number of alkyl halides is 3. The van der Waals surface area contributed by atoms with Crippen LogP contribution in [0.4, 0.5) is 24.0 Å². The Bertz CT molecular complexity index is 985. The highest BCUT2D eigenvalue weighted by molar-refractivity contribution is 7.99. The van der Waals surface area contributed by atoms with Gasteiger partial charge in [-0.2, -0.15) is 13.2 Å². The van der Waals surface area contributed by atoms with Crippen LogP contribution in [0.1, 0.15) is 17.1 Å². The Morgan fingerprint density at radius 3 is 2.75 bits per heavy atom. The van der Waals surface area contributed by atoms with E-state index in [-0.39, 0.29) is 11.4 Å². The van der Waals surface area contributed by atoms with Gasteiger partial charge in [0.05, 0.1) is 29.1 Å². The summed E-state index contributed by atoms with van der Waals surface area (Å²) < 4.78 is 40.7. The van der Waals surface area contributed by atoms with Gasteiger partial charge in [0.1, 0.15) is 5.82 Å². The molecule has 148 valence electrons. The highest BCUT2D eigenvalue weighted by atomic mass is 32.2. The van der Waals surface area contributed by atoms with E-state index in [1.165, 1.54) is 29.5 Å². The van der Waals surface area contributed by atoms with E-state index in [2.05, 4.69) is 20.5 Å². The number of nitrogen functional groups attached to an aromatic ring is 1. The number of rotatable bonds is 6. The number of thioether (sulfide) groups is 1. The zero-order valence-corrected chi connectivity index (χ0v) is 16.2. The maximum absolute atomic E-state index is 13.0. The summed E-state index contributed by atoms with van der Waals surface area (Å²) in [7, 11) is 1.74. The highest BCUT2D eigenvalue weighted by Crippen LogP contribution is 2.34. The number of hydrogen-bond donors (Lipinski definition) is 2. The zero-order chi connectivity index (χ0) is 20.3. The van der Waals surface area contributed by atoms with Crippen molar-refractivity contribution in [3.05, 3.63) is 46.7 Å². The molecule has 0 unspecified atom stereocenters. The zero-order valence-electron chi connectivity index (χ0n) is 14.5. The number of para-hydroxylation sites is 1. The number of carbonyl (C=O) groups is 1. The maximum atomic E-state index is 13.0. The lowest BCUT2D eigenvalue weighted by Crippen LogP contribution is -2.18. The van der Waals surface area contributed by atoms with Gasteiger partial charge < -0.3 is 15.6 Å². The van der Waals surface area contributed by atoms with Gasteiger partial charge in [-0.3, -0.25) is 4.79 Å². The SMILES string of the molecule is Cn1c(Cc2csc(N)n2)nnc1SCC(=O)Nc1ccccc1C(F)(F)F. The first-order valence-corrected chi connectivity index (χ1v) is 9.77. The number of benzene rings is 1. The molecule has 0 bridgehead atoms. The fourth-order valence-corrected chi connectivity index (χ4v) is 3.64. The molecule has 3 rings (SSSR count). The predicted molar refractivity (Wildman–Crippen MR) is 101 cm³/mol. The summed E-state index contributed by atoms with van der Waals surface area (Å²) in [5.74, 6) is -0.0453. The molecule has 0 aliphatic heterocycles. The van der Waals surface area contributed by atoms with Crippen molar-refractivity contribution in [2.75, 3.05) is 16.8 Å². The molecule has 0 saturated heterocycles. The van der Waals surface area contributed by atoms with E-state index < -0.39 is 17.6 Å². The third kappa shape index (κ3) is 4.81.